The number of rotatable bonds is 4. The van der Waals surface area contributed by atoms with Crippen LogP contribution >= 0.6 is 0 Å². The first kappa shape index (κ1) is 15.8. The van der Waals surface area contributed by atoms with Crippen molar-refractivity contribution in [1.29, 1.82) is 0 Å². The Labute approximate surface area is 146 Å². The first-order valence-corrected chi connectivity index (χ1v) is 8.59. The molecule has 0 saturated carbocycles. The molecule has 0 fully saturated rings. The Hall–Kier alpha value is -2.66. The number of ether oxygens (including phenoxy) is 2. The van der Waals surface area contributed by atoms with Crippen molar-refractivity contribution in [1.82, 2.24) is 10.3 Å². The van der Waals surface area contributed by atoms with Crippen LogP contribution in [0.15, 0.2) is 36.4 Å². The number of H-pyrrole nitrogens is 1. The van der Waals surface area contributed by atoms with Crippen LogP contribution in [-0.4, -0.2) is 30.4 Å². The second kappa shape index (κ2) is 6.33. The summed E-state index contributed by atoms with van der Waals surface area (Å²) in [6, 6.07) is 11.7. The van der Waals surface area contributed by atoms with Crippen molar-refractivity contribution in [3.63, 3.8) is 0 Å². The van der Waals surface area contributed by atoms with Crippen LogP contribution in [0, 0.1) is 0 Å². The summed E-state index contributed by atoms with van der Waals surface area (Å²) in [6.45, 7) is 3.55. The minimum Gasteiger partial charge on any atom is -0.504 e. The molecule has 1 aromatic heterocycles. The number of phenols is 1. The van der Waals surface area contributed by atoms with E-state index in [0.717, 1.165) is 29.8 Å². The number of hydrogen-bond donors (Lipinski definition) is 3. The van der Waals surface area contributed by atoms with Crippen molar-refractivity contribution in [3.05, 3.63) is 53.2 Å². The van der Waals surface area contributed by atoms with Crippen LogP contribution in [0.25, 0.3) is 10.9 Å². The SMILES string of the molecule is CCOc1ccc2[nH]c3c(c2c1)CCNC3c1ccc(O)c(OC)c1. The smallest absolute Gasteiger partial charge is 0.160 e. The fraction of sp³-hybridized carbons (Fsp3) is 0.300. The van der Waals surface area contributed by atoms with Gasteiger partial charge in [-0.3, -0.25) is 0 Å². The molecule has 2 aromatic carbocycles. The van der Waals surface area contributed by atoms with E-state index in [-0.39, 0.29) is 11.8 Å². The highest BCUT2D eigenvalue weighted by Gasteiger charge is 2.26. The molecule has 2 heterocycles. The molecule has 0 spiro atoms. The lowest BCUT2D eigenvalue weighted by Gasteiger charge is -2.25. The highest BCUT2D eigenvalue weighted by Crippen LogP contribution is 2.37. The molecule has 1 unspecified atom stereocenters. The Morgan fingerprint density at radius 1 is 1.20 bits per heavy atom. The molecule has 0 radical (unpaired) electrons. The number of aromatic nitrogens is 1. The summed E-state index contributed by atoms with van der Waals surface area (Å²) in [6.07, 6.45) is 0.969. The molecule has 0 bridgehead atoms. The van der Waals surface area contributed by atoms with E-state index in [1.54, 1.807) is 13.2 Å². The Morgan fingerprint density at radius 2 is 2.08 bits per heavy atom. The average Bonchev–Trinajstić information content (AvgIpc) is 3.01. The van der Waals surface area contributed by atoms with Gasteiger partial charge in [-0.1, -0.05) is 6.07 Å². The maximum Gasteiger partial charge on any atom is 0.160 e. The zero-order chi connectivity index (χ0) is 17.4. The van der Waals surface area contributed by atoms with Crippen LogP contribution in [0.3, 0.4) is 0 Å². The van der Waals surface area contributed by atoms with Crippen molar-refractivity contribution in [3.8, 4) is 17.2 Å². The van der Waals surface area contributed by atoms with Gasteiger partial charge >= 0.3 is 0 Å². The number of nitrogens with one attached hydrogen (secondary N) is 2. The van der Waals surface area contributed by atoms with Gasteiger partial charge in [0, 0.05) is 23.1 Å². The second-order valence-electron chi connectivity index (χ2n) is 6.23. The quantitative estimate of drug-likeness (QED) is 0.681. The van der Waals surface area contributed by atoms with Gasteiger partial charge in [0.1, 0.15) is 5.75 Å². The van der Waals surface area contributed by atoms with E-state index in [9.17, 15) is 5.11 Å². The van der Waals surface area contributed by atoms with Crippen molar-refractivity contribution >= 4 is 10.9 Å². The number of benzene rings is 2. The van der Waals surface area contributed by atoms with E-state index in [4.69, 9.17) is 9.47 Å². The van der Waals surface area contributed by atoms with E-state index in [2.05, 4.69) is 22.4 Å². The first-order chi connectivity index (χ1) is 12.2. The largest absolute Gasteiger partial charge is 0.504 e. The molecule has 3 N–H and O–H groups in total. The van der Waals surface area contributed by atoms with Gasteiger partial charge in [0.15, 0.2) is 11.5 Å². The monoisotopic (exact) mass is 338 g/mol. The summed E-state index contributed by atoms with van der Waals surface area (Å²) in [5.74, 6) is 1.54. The van der Waals surface area contributed by atoms with Crippen LogP contribution in [-0.2, 0) is 6.42 Å². The van der Waals surface area contributed by atoms with Crippen LogP contribution in [0.1, 0.15) is 29.8 Å². The van der Waals surface area contributed by atoms with Gasteiger partial charge in [0.25, 0.3) is 0 Å². The van der Waals surface area contributed by atoms with Gasteiger partial charge in [0.2, 0.25) is 0 Å². The number of hydrogen-bond acceptors (Lipinski definition) is 4. The molecule has 0 aliphatic carbocycles. The van der Waals surface area contributed by atoms with Crippen molar-refractivity contribution in [2.75, 3.05) is 20.3 Å². The van der Waals surface area contributed by atoms with Crippen molar-refractivity contribution in [2.24, 2.45) is 0 Å². The minimum atomic E-state index is 0.0428. The number of methoxy groups -OCH3 is 1. The molecule has 4 rings (SSSR count). The standard InChI is InChI=1S/C20H22N2O3/c1-3-25-13-5-6-16-15(11-13)14-8-9-21-19(20(14)22-16)12-4-7-17(23)18(10-12)24-2/h4-7,10-11,19,21-23H,3,8-9H2,1-2H3. The van der Waals surface area contributed by atoms with E-state index in [1.165, 1.54) is 16.6 Å². The molecule has 1 aliphatic rings. The highest BCUT2D eigenvalue weighted by atomic mass is 16.5. The predicted octanol–water partition coefficient (Wildman–Crippen LogP) is 3.52. The molecule has 5 nitrogen and oxygen atoms in total. The minimum absolute atomic E-state index is 0.0428. The maximum absolute atomic E-state index is 9.86. The summed E-state index contributed by atoms with van der Waals surface area (Å²) in [7, 11) is 1.57. The van der Waals surface area contributed by atoms with E-state index in [0.29, 0.717) is 12.4 Å². The number of fused-ring (bicyclic) bond motifs is 3. The Kier molecular flexibility index (Phi) is 4.01. The van der Waals surface area contributed by atoms with Crippen LogP contribution in [0.5, 0.6) is 17.2 Å². The Balaban J connectivity index is 1.80. The van der Waals surface area contributed by atoms with E-state index in [1.807, 2.05) is 25.1 Å². The summed E-state index contributed by atoms with van der Waals surface area (Å²) in [5.41, 5.74) is 4.68. The Morgan fingerprint density at radius 3 is 2.88 bits per heavy atom. The van der Waals surface area contributed by atoms with E-state index >= 15 is 0 Å². The third-order valence-corrected chi connectivity index (χ3v) is 4.77. The lowest BCUT2D eigenvalue weighted by atomic mass is 9.94. The molecular formula is C20H22N2O3. The summed E-state index contributed by atoms with van der Waals surface area (Å²) in [5, 5.41) is 14.6. The van der Waals surface area contributed by atoms with Gasteiger partial charge in [0.05, 0.1) is 19.8 Å². The maximum atomic E-state index is 9.86. The molecular weight excluding hydrogens is 316 g/mol. The molecule has 0 saturated heterocycles. The fourth-order valence-electron chi connectivity index (χ4n) is 3.62. The normalized spacial score (nSPS) is 16.6. The Bertz CT molecular complexity index is 917. The lowest BCUT2D eigenvalue weighted by molar-refractivity contribution is 0.340. The molecule has 0 amide bonds. The fourth-order valence-corrected chi connectivity index (χ4v) is 3.62. The van der Waals surface area contributed by atoms with Gasteiger partial charge in [-0.05, 0) is 54.8 Å². The summed E-state index contributed by atoms with van der Waals surface area (Å²) >= 11 is 0. The average molecular weight is 338 g/mol. The molecule has 3 aromatic rings. The third kappa shape index (κ3) is 2.70. The molecule has 5 heteroatoms. The summed E-state index contributed by atoms with van der Waals surface area (Å²) in [4.78, 5) is 3.56. The first-order valence-electron chi connectivity index (χ1n) is 8.59. The van der Waals surface area contributed by atoms with E-state index < -0.39 is 0 Å². The van der Waals surface area contributed by atoms with Crippen LogP contribution in [0.2, 0.25) is 0 Å². The van der Waals surface area contributed by atoms with Crippen LogP contribution in [0.4, 0.5) is 0 Å². The number of aromatic hydroxyl groups is 1. The lowest BCUT2D eigenvalue weighted by Crippen LogP contribution is -2.30. The van der Waals surface area contributed by atoms with Gasteiger partial charge in [-0.25, -0.2) is 0 Å². The van der Waals surface area contributed by atoms with Gasteiger partial charge < -0.3 is 24.9 Å². The number of aromatic amines is 1. The predicted molar refractivity (Wildman–Crippen MR) is 97.7 cm³/mol. The van der Waals surface area contributed by atoms with Gasteiger partial charge in [-0.2, -0.15) is 0 Å². The second-order valence-corrected chi connectivity index (χ2v) is 6.23. The zero-order valence-electron chi connectivity index (χ0n) is 14.4. The van der Waals surface area contributed by atoms with Gasteiger partial charge in [-0.15, -0.1) is 0 Å². The summed E-state index contributed by atoms with van der Waals surface area (Å²) < 4.78 is 10.9. The van der Waals surface area contributed by atoms with Crippen LogP contribution < -0.4 is 14.8 Å². The molecule has 1 aliphatic heterocycles. The topological polar surface area (TPSA) is 66.5 Å². The molecule has 130 valence electrons. The number of phenolic OH excluding ortho intramolecular Hbond substituents is 1. The molecule has 25 heavy (non-hydrogen) atoms. The van der Waals surface area contributed by atoms with Crippen molar-refractivity contribution in [2.45, 2.75) is 19.4 Å². The van der Waals surface area contributed by atoms with Crippen molar-refractivity contribution < 1.29 is 14.6 Å². The molecule has 1 atom stereocenters. The third-order valence-electron chi connectivity index (χ3n) is 4.77. The zero-order valence-corrected chi connectivity index (χ0v) is 14.4. The highest BCUT2D eigenvalue weighted by molar-refractivity contribution is 5.86.